The highest BCUT2D eigenvalue weighted by atomic mass is 19.4. The van der Waals surface area contributed by atoms with Crippen LogP contribution in [0.15, 0.2) is 54.7 Å². The van der Waals surface area contributed by atoms with Crippen LogP contribution in [0, 0.1) is 0 Å². The molecular weight excluding hydrogens is 457 g/mol. The smallest absolute Gasteiger partial charge is 0.416 e. The number of rotatable bonds is 11. The number of alkyl halides is 3. The Kier molecular flexibility index (Phi) is 7.78. The fourth-order valence-corrected chi connectivity index (χ4v) is 4.31. The van der Waals surface area contributed by atoms with Crippen molar-refractivity contribution in [3.63, 3.8) is 0 Å². The van der Waals surface area contributed by atoms with Gasteiger partial charge in [0, 0.05) is 35.4 Å². The monoisotopic (exact) mass is 486 g/mol. The number of aliphatic carboxylic acids is 1. The first-order valence-electron chi connectivity index (χ1n) is 12.0. The Bertz CT molecular complexity index is 1140. The van der Waals surface area contributed by atoms with Crippen LogP contribution in [0.4, 0.5) is 13.2 Å². The van der Waals surface area contributed by atoms with Crippen LogP contribution in [0.1, 0.15) is 67.7 Å². The second-order valence-electron chi connectivity index (χ2n) is 8.96. The summed E-state index contributed by atoms with van der Waals surface area (Å²) in [6, 6.07) is 12.9. The van der Waals surface area contributed by atoms with Crippen molar-refractivity contribution in [3.8, 4) is 17.1 Å². The first-order chi connectivity index (χ1) is 16.8. The predicted octanol–water partition coefficient (Wildman–Crippen LogP) is 6.91. The average molecular weight is 487 g/mol. The van der Waals surface area contributed by atoms with E-state index in [0.29, 0.717) is 36.9 Å². The van der Waals surface area contributed by atoms with Crippen LogP contribution in [-0.4, -0.2) is 27.2 Å². The standard InChI is InChI=1S/C27H29F3N2O3/c28-27(29,30)22-14-12-20(13-15-22)26-31-17-23(19-8-6-9-19)32(26)18-21-7-3-4-10-24(21)35-16-5-1-2-11-25(33)34/h3-4,7,10,12-15,17,19H,1-2,5-6,8-9,11,16,18H2,(H,33,34). The van der Waals surface area contributed by atoms with Crippen LogP contribution in [0.3, 0.4) is 0 Å². The molecule has 0 saturated heterocycles. The molecule has 0 unspecified atom stereocenters. The van der Waals surface area contributed by atoms with Crippen molar-refractivity contribution in [2.24, 2.45) is 0 Å². The predicted molar refractivity (Wildman–Crippen MR) is 126 cm³/mol. The fourth-order valence-electron chi connectivity index (χ4n) is 4.31. The van der Waals surface area contributed by atoms with Crippen molar-refractivity contribution in [2.45, 2.75) is 63.6 Å². The van der Waals surface area contributed by atoms with E-state index >= 15 is 0 Å². The highest BCUT2D eigenvalue weighted by molar-refractivity contribution is 5.66. The van der Waals surface area contributed by atoms with E-state index in [1.807, 2.05) is 30.5 Å². The lowest BCUT2D eigenvalue weighted by atomic mass is 9.83. The van der Waals surface area contributed by atoms with Crippen molar-refractivity contribution in [2.75, 3.05) is 6.61 Å². The van der Waals surface area contributed by atoms with E-state index < -0.39 is 17.7 Å². The molecule has 2 aromatic carbocycles. The third-order valence-electron chi connectivity index (χ3n) is 6.47. The number of benzene rings is 2. The third kappa shape index (κ3) is 6.24. The number of hydrogen-bond donors (Lipinski definition) is 1. The number of para-hydroxylation sites is 1. The van der Waals surface area contributed by atoms with Gasteiger partial charge >= 0.3 is 12.1 Å². The number of nitrogens with zero attached hydrogens (tertiary/aromatic N) is 2. The molecule has 1 aliphatic rings. The molecular formula is C27H29F3N2O3. The minimum Gasteiger partial charge on any atom is -0.493 e. The molecule has 0 bridgehead atoms. The van der Waals surface area contributed by atoms with Gasteiger partial charge < -0.3 is 14.4 Å². The summed E-state index contributed by atoms with van der Waals surface area (Å²) in [6.07, 6.45) is 3.10. The Morgan fingerprint density at radius 1 is 1.06 bits per heavy atom. The molecule has 35 heavy (non-hydrogen) atoms. The number of halogens is 3. The lowest BCUT2D eigenvalue weighted by Gasteiger charge is -2.27. The Morgan fingerprint density at radius 2 is 1.80 bits per heavy atom. The molecule has 186 valence electrons. The zero-order chi connectivity index (χ0) is 24.8. The Morgan fingerprint density at radius 3 is 2.46 bits per heavy atom. The normalized spacial score (nSPS) is 14.0. The van der Waals surface area contributed by atoms with Gasteiger partial charge in [-0.25, -0.2) is 4.98 Å². The molecule has 1 aromatic heterocycles. The molecule has 0 radical (unpaired) electrons. The summed E-state index contributed by atoms with van der Waals surface area (Å²) in [4.78, 5) is 15.3. The summed E-state index contributed by atoms with van der Waals surface area (Å²) in [5, 5.41) is 8.76. The minimum absolute atomic E-state index is 0.161. The van der Waals surface area contributed by atoms with Gasteiger partial charge in [-0.1, -0.05) is 36.8 Å². The fraction of sp³-hybridized carbons (Fsp3) is 0.407. The maximum absolute atomic E-state index is 13.0. The number of unbranched alkanes of at least 4 members (excludes halogenated alkanes) is 2. The van der Waals surface area contributed by atoms with E-state index in [1.165, 1.54) is 12.1 Å². The molecule has 1 fully saturated rings. The highest BCUT2D eigenvalue weighted by Gasteiger charge is 2.30. The van der Waals surface area contributed by atoms with Gasteiger partial charge in [-0.15, -0.1) is 0 Å². The Hall–Kier alpha value is -3.29. The molecule has 4 rings (SSSR count). The highest BCUT2D eigenvalue weighted by Crippen LogP contribution is 2.39. The molecule has 1 N–H and O–H groups in total. The Balaban J connectivity index is 1.54. The van der Waals surface area contributed by atoms with E-state index in [9.17, 15) is 18.0 Å². The van der Waals surface area contributed by atoms with Gasteiger partial charge in [-0.05, 0) is 50.3 Å². The molecule has 8 heteroatoms. The van der Waals surface area contributed by atoms with Gasteiger partial charge in [0.15, 0.2) is 0 Å². The molecule has 0 amide bonds. The van der Waals surface area contributed by atoms with Crippen LogP contribution in [0.25, 0.3) is 11.4 Å². The van der Waals surface area contributed by atoms with Crippen molar-refractivity contribution in [3.05, 3.63) is 71.5 Å². The third-order valence-corrected chi connectivity index (χ3v) is 6.47. The van der Waals surface area contributed by atoms with E-state index in [4.69, 9.17) is 9.84 Å². The van der Waals surface area contributed by atoms with E-state index in [0.717, 1.165) is 61.2 Å². The first kappa shape index (κ1) is 24.8. The summed E-state index contributed by atoms with van der Waals surface area (Å²) in [5.74, 6) is 0.997. The zero-order valence-corrected chi connectivity index (χ0v) is 19.4. The van der Waals surface area contributed by atoms with Crippen molar-refractivity contribution in [1.82, 2.24) is 9.55 Å². The van der Waals surface area contributed by atoms with Crippen LogP contribution in [0.5, 0.6) is 5.75 Å². The van der Waals surface area contributed by atoms with Gasteiger partial charge in [-0.2, -0.15) is 13.2 Å². The number of carboxylic acids is 1. The summed E-state index contributed by atoms with van der Waals surface area (Å²) >= 11 is 0. The topological polar surface area (TPSA) is 64.3 Å². The molecule has 3 aromatic rings. The van der Waals surface area contributed by atoms with E-state index in [1.54, 1.807) is 0 Å². The number of carboxylic acid groups (broad SMARTS) is 1. The van der Waals surface area contributed by atoms with E-state index in [2.05, 4.69) is 9.55 Å². The molecule has 1 aliphatic carbocycles. The summed E-state index contributed by atoms with van der Waals surface area (Å²) in [5.41, 5.74) is 2.01. The maximum Gasteiger partial charge on any atom is 0.416 e. The number of hydrogen-bond acceptors (Lipinski definition) is 3. The van der Waals surface area contributed by atoms with Gasteiger partial charge in [-0.3, -0.25) is 4.79 Å². The lowest BCUT2D eigenvalue weighted by Crippen LogP contribution is -2.16. The first-order valence-corrected chi connectivity index (χ1v) is 12.0. The van der Waals surface area contributed by atoms with Gasteiger partial charge in [0.25, 0.3) is 0 Å². The number of aromatic nitrogens is 2. The second kappa shape index (κ2) is 11.0. The maximum atomic E-state index is 13.0. The largest absolute Gasteiger partial charge is 0.493 e. The number of imidazole rings is 1. The van der Waals surface area contributed by atoms with Crippen molar-refractivity contribution >= 4 is 5.97 Å². The minimum atomic E-state index is -4.38. The van der Waals surface area contributed by atoms with Crippen LogP contribution < -0.4 is 4.74 Å². The van der Waals surface area contributed by atoms with Gasteiger partial charge in [0.1, 0.15) is 11.6 Å². The van der Waals surface area contributed by atoms with Gasteiger partial charge in [0.05, 0.1) is 18.7 Å². The summed E-state index contributed by atoms with van der Waals surface area (Å²) in [6.45, 7) is 0.985. The Labute approximate surface area is 202 Å². The molecule has 0 aliphatic heterocycles. The summed E-state index contributed by atoms with van der Waals surface area (Å²) < 4.78 is 47.2. The van der Waals surface area contributed by atoms with Crippen molar-refractivity contribution < 1.29 is 27.8 Å². The molecule has 0 spiro atoms. The SMILES string of the molecule is O=C(O)CCCCCOc1ccccc1Cn1c(C2CCC2)cnc1-c1ccc(C(F)(F)F)cc1. The molecule has 1 heterocycles. The quantitative estimate of drug-likeness (QED) is 0.299. The van der Waals surface area contributed by atoms with Gasteiger partial charge in [0.2, 0.25) is 0 Å². The number of ether oxygens (including phenoxy) is 1. The molecule has 0 atom stereocenters. The van der Waals surface area contributed by atoms with Crippen LogP contribution >= 0.6 is 0 Å². The number of carbonyl (C=O) groups is 1. The van der Waals surface area contributed by atoms with E-state index in [-0.39, 0.29) is 6.42 Å². The zero-order valence-electron chi connectivity index (χ0n) is 19.4. The molecule has 5 nitrogen and oxygen atoms in total. The van der Waals surface area contributed by atoms with Crippen LogP contribution in [0.2, 0.25) is 0 Å². The lowest BCUT2D eigenvalue weighted by molar-refractivity contribution is -0.138. The average Bonchev–Trinajstić information content (AvgIpc) is 3.18. The second-order valence-corrected chi connectivity index (χ2v) is 8.96. The summed E-state index contributed by atoms with van der Waals surface area (Å²) in [7, 11) is 0. The van der Waals surface area contributed by atoms with Crippen LogP contribution in [-0.2, 0) is 17.5 Å². The molecule has 1 saturated carbocycles. The van der Waals surface area contributed by atoms with Crippen molar-refractivity contribution in [1.29, 1.82) is 0 Å².